The molecule has 1 unspecified atom stereocenters. The van der Waals surface area contributed by atoms with Gasteiger partial charge in [0.1, 0.15) is 5.60 Å². The first-order chi connectivity index (χ1) is 18.7. The number of H-pyrrole nitrogens is 1. The Morgan fingerprint density at radius 3 is 2.36 bits per heavy atom. The van der Waals surface area contributed by atoms with Gasteiger partial charge in [-0.1, -0.05) is 39.0 Å². The molecule has 1 atom stereocenters. The molecule has 8 nitrogen and oxygen atoms in total. The second kappa shape index (κ2) is 11.8. The molecule has 1 aliphatic carbocycles. The quantitative estimate of drug-likeness (QED) is 0.479. The van der Waals surface area contributed by atoms with Crippen molar-refractivity contribution in [3.05, 3.63) is 17.0 Å². The van der Waals surface area contributed by atoms with Crippen molar-refractivity contribution >= 4 is 12.0 Å². The van der Waals surface area contributed by atoms with Crippen LogP contribution in [0.25, 0.3) is 0 Å². The summed E-state index contributed by atoms with van der Waals surface area (Å²) < 4.78 is 6.46. The van der Waals surface area contributed by atoms with E-state index in [1.807, 2.05) is 18.7 Å². The van der Waals surface area contributed by atoms with E-state index in [2.05, 4.69) is 33.8 Å². The number of likely N-dealkylation sites (tertiary alicyclic amines) is 2. The molecule has 4 heterocycles. The summed E-state index contributed by atoms with van der Waals surface area (Å²) in [5.74, 6) is 1.17. The zero-order chi connectivity index (χ0) is 27.6. The summed E-state index contributed by atoms with van der Waals surface area (Å²) in [4.78, 5) is 33.2. The molecule has 3 aliphatic heterocycles. The van der Waals surface area contributed by atoms with Crippen LogP contribution in [0.4, 0.5) is 4.79 Å². The zero-order valence-corrected chi connectivity index (χ0v) is 24.9. The first-order valence-corrected chi connectivity index (χ1v) is 15.8. The van der Waals surface area contributed by atoms with Gasteiger partial charge in [0.05, 0.1) is 11.3 Å². The molecule has 39 heavy (non-hydrogen) atoms. The normalized spacial score (nSPS) is 26.2. The van der Waals surface area contributed by atoms with Crippen LogP contribution in [0, 0.1) is 25.7 Å². The molecule has 0 radical (unpaired) electrons. The van der Waals surface area contributed by atoms with E-state index in [0.29, 0.717) is 11.8 Å². The minimum absolute atomic E-state index is 0.0652. The Labute approximate surface area is 235 Å². The number of nitrogens with zero attached hydrogens (tertiary/aromatic N) is 4. The van der Waals surface area contributed by atoms with Crippen LogP contribution in [0.1, 0.15) is 113 Å². The van der Waals surface area contributed by atoms with Crippen LogP contribution >= 0.6 is 0 Å². The van der Waals surface area contributed by atoms with Crippen molar-refractivity contribution < 1.29 is 14.3 Å². The van der Waals surface area contributed by atoms with Crippen molar-refractivity contribution in [2.24, 2.45) is 11.8 Å². The Bertz CT molecular complexity index is 980. The molecule has 1 aromatic rings. The zero-order valence-electron chi connectivity index (χ0n) is 24.9. The predicted molar refractivity (Wildman–Crippen MR) is 153 cm³/mol. The number of rotatable bonds is 7. The van der Waals surface area contributed by atoms with Crippen molar-refractivity contribution in [2.45, 2.75) is 116 Å². The second-order valence-electron chi connectivity index (χ2n) is 13.3. The number of aryl methyl sites for hydroxylation is 2. The second-order valence-corrected chi connectivity index (χ2v) is 13.3. The lowest BCUT2D eigenvalue weighted by atomic mass is 9.74. The summed E-state index contributed by atoms with van der Waals surface area (Å²) in [6.45, 7) is 13.7. The van der Waals surface area contributed by atoms with Gasteiger partial charge in [0, 0.05) is 69.3 Å². The minimum atomic E-state index is -0.310. The molecule has 5 rings (SSSR count). The standard InChI is InChI=1S/C31H51N5O3/c1-5-6-12-26-22-35(21-25-10-8-7-9-11-25)29(38)39-31(26)15-19-36(20-16-31)30(4)13-17-34(18-14-30)28(37)27-23(2)32-33-24(27)3/h25-26H,5-22H2,1-4H3,(H,32,33). The van der Waals surface area contributed by atoms with E-state index in [9.17, 15) is 9.59 Å². The molecular formula is C31H51N5O3. The first-order valence-electron chi connectivity index (χ1n) is 15.8. The van der Waals surface area contributed by atoms with Gasteiger partial charge in [0.15, 0.2) is 0 Å². The van der Waals surface area contributed by atoms with Crippen LogP contribution in [-0.4, -0.2) is 87.3 Å². The fourth-order valence-electron chi connectivity index (χ4n) is 7.93. The number of nitrogens with one attached hydrogen (secondary N) is 1. The van der Waals surface area contributed by atoms with Crippen molar-refractivity contribution in [3.63, 3.8) is 0 Å². The van der Waals surface area contributed by atoms with Crippen molar-refractivity contribution in [1.29, 1.82) is 0 Å². The number of carbonyl (C=O) groups excluding carboxylic acids is 2. The summed E-state index contributed by atoms with van der Waals surface area (Å²) >= 11 is 0. The maximum atomic E-state index is 13.3. The average molecular weight is 542 g/mol. The number of ether oxygens (including phenoxy) is 1. The SMILES string of the molecule is CCCCC1CN(CC2CCCCC2)C(=O)OC12CCN(C1(C)CCN(C(=O)c3c(C)n[nH]c3C)CC1)CC2. The molecule has 3 saturated heterocycles. The molecule has 2 amide bonds. The molecule has 0 aromatic carbocycles. The highest BCUT2D eigenvalue weighted by atomic mass is 16.6. The smallest absolute Gasteiger partial charge is 0.410 e. The van der Waals surface area contributed by atoms with Gasteiger partial charge in [-0.05, 0) is 58.8 Å². The van der Waals surface area contributed by atoms with Crippen LogP contribution < -0.4 is 0 Å². The fourth-order valence-corrected chi connectivity index (χ4v) is 7.93. The van der Waals surface area contributed by atoms with Gasteiger partial charge in [0.2, 0.25) is 0 Å². The highest BCUT2D eigenvalue weighted by molar-refractivity contribution is 5.96. The summed E-state index contributed by atoms with van der Waals surface area (Å²) in [5, 5.41) is 7.17. The summed E-state index contributed by atoms with van der Waals surface area (Å²) in [6, 6.07) is 0. The molecule has 1 N–H and O–H groups in total. The lowest BCUT2D eigenvalue weighted by Crippen LogP contribution is -2.63. The number of unbranched alkanes of at least 4 members (excludes halogenated alkanes) is 1. The third-order valence-electron chi connectivity index (χ3n) is 10.7. The molecule has 1 aromatic heterocycles. The highest BCUT2D eigenvalue weighted by Gasteiger charge is 2.51. The maximum Gasteiger partial charge on any atom is 0.410 e. The Morgan fingerprint density at radius 2 is 1.74 bits per heavy atom. The van der Waals surface area contributed by atoms with E-state index in [1.54, 1.807) is 0 Å². The number of amides is 2. The van der Waals surface area contributed by atoms with E-state index < -0.39 is 0 Å². The van der Waals surface area contributed by atoms with E-state index in [-0.39, 0.29) is 23.1 Å². The van der Waals surface area contributed by atoms with Gasteiger partial charge in [-0.25, -0.2) is 4.79 Å². The Morgan fingerprint density at radius 1 is 1.05 bits per heavy atom. The Balaban J connectivity index is 1.19. The van der Waals surface area contributed by atoms with Gasteiger partial charge < -0.3 is 14.5 Å². The number of hydrogen-bond donors (Lipinski definition) is 1. The Kier molecular flexibility index (Phi) is 8.60. The molecule has 218 valence electrons. The van der Waals surface area contributed by atoms with Crippen molar-refractivity contribution in [1.82, 2.24) is 24.9 Å². The van der Waals surface area contributed by atoms with Crippen LogP contribution in [0.5, 0.6) is 0 Å². The number of aromatic nitrogens is 2. The van der Waals surface area contributed by atoms with E-state index in [1.165, 1.54) is 44.9 Å². The number of piperidine rings is 2. The molecule has 4 fully saturated rings. The molecule has 1 saturated carbocycles. The lowest BCUT2D eigenvalue weighted by molar-refractivity contribution is -0.134. The lowest BCUT2D eigenvalue weighted by Gasteiger charge is -2.55. The largest absolute Gasteiger partial charge is 0.442 e. The summed E-state index contributed by atoms with van der Waals surface area (Å²) in [5.41, 5.74) is 2.13. The Hall–Kier alpha value is -2.09. The fraction of sp³-hybridized carbons (Fsp3) is 0.839. The molecule has 4 aliphatic rings. The minimum Gasteiger partial charge on any atom is -0.442 e. The van der Waals surface area contributed by atoms with Crippen LogP contribution in [0.3, 0.4) is 0 Å². The molecule has 0 bridgehead atoms. The van der Waals surface area contributed by atoms with Crippen LogP contribution in [0.2, 0.25) is 0 Å². The van der Waals surface area contributed by atoms with Gasteiger partial charge in [-0.15, -0.1) is 0 Å². The van der Waals surface area contributed by atoms with Gasteiger partial charge in [-0.2, -0.15) is 5.10 Å². The summed E-state index contributed by atoms with van der Waals surface area (Å²) in [6.07, 6.45) is 13.7. The van der Waals surface area contributed by atoms with Gasteiger partial charge >= 0.3 is 6.09 Å². The molecular weight excluding hydrogens is 490 g/mol. The third kappa shape index (κ3) is 5.86. The predicted octanol–water partition coefficient (Wildman–Crippen LogP) is 5.69. The van der Waals surface area contributed by atoms with E-state index in [0.717, 1.165) is 88.3 Å². The van der Waals surface area contributed by atoms with Crippen molar-refractivity contribution in [2.75, 3.05) is 39.3 Å². The number of carbonyl (C=O) groups is 2. The highest BCUT2D eigenvalue weighted by Crippen LogP contribution is 2.43. The van der Waals surface area contributed by atoms with E-state index in [4.69, 9.17) is 4.74 Å². The topological polar surface area (TPSA) is 81.8 Å². The monoisotopic (exact) mass is 541 g/mol. The van der Waals surface area contributed by atoms with Crippen LogP contribution in [-0.2, 0) is 4.74 Å². The van der Waals surface area contributed by atoms with Crippen molar-refractivity contribution in [3.8, 4) is 0 Å². The maximum absolute atomic E-state index is 13.3. The average Bonchev–Trinajstić information content (AvgIpc) is 3.28. The van der Waals surface area contributed by atoms with Gasteiger partial charge in [-0.3, -0.25) is 14.8 Å². The third-order valence-corrected chi connectivity index (χ3v) is 10.7. The van der Waals surface area contributed by atoms with Crippen LogP contribution in [0.15, 0.2) is 0 Å². The first kappa shape index (κ1) is 28.4. The molecule has 8 heteroatoms. The molecule has 1 spiro atoms. The van der Waals surface area contributed by atoms with E-state index >= 15 is 0 Å². The number of aromatic amines is 1. The van der Waals surface area contributed by atoms with Gasteiger partial charge in [0.25, 0.3) is 5.91 Å². The summed E-state index contributed by atoms with van der Waals surface area (Å²) in [7, 11) is 0. The number of hydrogen-bond acceptors (Lipinski definition) is 5.